The Morgan fingerprint density at radius 1 is 1.04 bits per heavy atom. The molecule has 27 heavy (non-hydrogen) atoms. The molecule has 4 rings (SSSR count). The Bertz CT molecular complexity index is 824. The van der Waals surface area contributed by atoms with Crippen LogP contribution in [0.5, 0.6) is 5.75 Å². The molecule has 0 bridgehead atoms. The van der Waals surface area contributed by atoms with Gasteiger partial charge in [-0.05, 0) is 29.8 Å². The normalized spacial score (nSPS) is 15.9. The third-order valence-electron chi connectivity index (χ3n) is 5.01. The molecule has 1 aliphatic heterocycles. The summed E-state index contributed by atoms with van der Waals surface area (Å²) >= 11 is 0. The van der Waals surface area contributed by atoms with Gasteiger partial charge in [0.15, 0.2) is 0 Å². The second kappa shape index (κ2) is 8.32. The molecule has 0 N–H and O–H groups in total. The highest BCUT2D eigenvalue weighted by Crippen LogP contribution is 2.22. The Labute approximate surface area is 159 Å². The predicted molar refractivity (Wildman–Crippen MR) is 102 cm³/mol. The summed E-state index contributed by atoms with van der Waals surface area (Å²) in [4.78, 5) is 8.97. The van der Waals surface area contributed by atoms with Crippen LogP contribution in [0.4, 0.5) is 0 Å². The minimum atomic E-state index is 0.882. The first-order chi connectivity index (χ1) is 13.3. The largest absolute Gasteiger partial charge is 0.497 e. The minimum Gasteiger partial charge on any atom is -0.497 e. The molecule has 3 heterocycles. The van der Waals surface area contributed by atoms with E-state index in [1.54, 1.807) is 19.8 Å². The zero-order valence-electron chi connectivity index (χ0n) is 15.6. The Hall–Kier alpha value is -2.71. The Kier molecular flexibility index (Phi) is 5.45. The van der Waals surface area contributed by atoms with Crippen molar-refractivity contribution in [3.05, 3.63) is 54.9 Å². The van der Waals surface area contributed by atoms with Crippen molar-refractivity contribution >= 4 is 0 Å². The lowest BCUT2D eigenvalue weighted by molar-refractivity contribution is 0.123. The molecule has 142 valence electrons. The summed E-state index contributed by atoms with van der Waals surface area (Å²) < 4.78 is 9.24. The van der Waals surface area contributed by atoms with Crippen LogP contribution >= 0.6 is 0 Å². The van der Waals surface area contributed by atoms with E-state index in [2.05, 4.69) is 37.1 Å². The zero-order valence-corrected chi connectivity index (χ0v) is 15.6. The van der Waals surface area contributed by atoms with E-state index in [0.717, 1.165) is 57.3 Å². The zero-order chi connectivity index (χ0) is 18.5. The molecule has 0 saturated carbocycles. The van der Waals surface area contributed by atoms with Crippen molar-refractivity contribution in [2.75, 3.05) is 39.8 Å². The van der Waals surface area contributed by atoms with E-state index in [9.17, 15) is 0 Å². The van der Waals surface area contributed by atoms with Crippen molar-refractivity contribution < 1.29 is 4.74 Å². The fourth-order valence-electron chi connectivity index (χ4n) is 3.45. The van der Waals surface area contributed by atoms with Gasteiger partial charge < -0.3 is 4.74 Å². The van der Waals surface area contributed by atoms with Crippen molar-refractivity contribution in [2.24, 2.45) is 0 Å². The molecule has 1 saturated heterocycles. The van der Waals surface area contributed by atoms with E-state index >= 15 is 0 Å². The Morgan fingerprint density at radius 2 is 1.89 bits per heavy atom. The first kappa shape index (κ1) is 17.7. The maximum Gasteiger partial charge on any atom is 0.137 e. The van der Waals surface area contributed by atoms with Gasteiger partial charge in [-0.15, -0.1) is 0 Å². The molecule has 0 atom stereocenters. The lowest BCUT2D eigenvalue weighted by Crippen LogP contribution is -2.46. The van der Waals surface area contributed by atoms with Crippen LogP contribution in [0.1, 0.15) is 5.56 Å². The van der Waals surface area contributed by atoms with Gasteiger partial charge in [0.1, 0.15) is 18.4 Å². The van der Waals surface area contributed by atoms with Gasteiger partial charge in [0.2, 0.25) is 0 Å². The van der Waals surface area contributed by atoms with Crippen LogP contribution in [0.3, 0.4) is 0 Å². The van der Waals surface area contributed by atoms with E-state index in [4.69, 9.17) is 4.74 Å². The molecule has 8 nitrogen and oxygen atoms in total. The number of hydrogen-bond acceptors (Lipinski definition) is 6. The lowest BCUT2D eigenvalue weighted by atomic mass is 10.1. The van der Waals surface area contributed by atoms with E-state index in [-0.39, 0.29) is 0 Å². The standard InChI is InChI=1S/C19H25N7O/c1-27-18-3-4-19(26-6-2-5-21-26)17(13-18)14-24-9-7-23(8-10-24)11-12-25-16-20-15-22-25/h2-6,13,15-16H,7-12,14H2,1H3. The molecule has 0 aliphatic carbocycles. The van der Waals surface area contributed by atoms with Crippen molar-refractivity contribution in [1.29, 1.82) is 0 Å². The fraction of sp³-hybridized carbons (Fsp3) is 0.421. The highest BCUT2D eigenvalue weighted by atomic mass is 16.5. The number of piperazine rings is 1. The monoisotopic (exact) mass is 367 g/mol. The van der Waals surface area contributed by atoms with Gasteiger partial charge in [-0.1, -0.05) is 0 Å². The molecule has 2 aromatic heterocycles. The van der Waals surface area contributed by atoms with E-state index in [0.29, 0.717) is 0 Å². The van der Waals surface area contributed by atoms with Gasteiger partial charge in [0.05, 0.1) is 19.3 Å². The van der Waals surface area contributed by atoms with Crippen molar-refractivity contribution in [3.63, 3.8) is 0 Å². The van der Waals surface area contributed by atoms with Crippen LogP contribution < -0.4 is 4.74 Å². The molecular formula is C19H25N7O. The van der Waals surface area contributed by atoms with Gasteiger partial charge in [-0.2, -0.15) is 10.2 Å². The van der Waals surface area contributed by atoms with Crippen molar-refractivity contribution in [3.8, 4) is 11.4 Å². The SMILES string of the molecule is COc1ccc(-n2cccn2)c(CN2CCN(CCn3cncn3)CC2)c1. The Balaban J connectivity index is 1.37. The van der Waals surface area contributed by atoms with E-state index in [1.165, 1.54) is 5.56 Å². The number of benzene rings is 1. The number of nitrogens with zero attached hydrogens (tertiary/aromatic N) is 7. The summed E-state index contributed by atoms with van der Waals surface area (Å²) in [6.45, 7) is 7.02. The molecule has 3 aromatic rings. The molecule has 0 radical (unpaired) electrons. The summed E-state index contributed by atoms with van der Waals surface area (Å²) in [6, 6.07) is 8.13. The van der Waals surface area contributed by atoms with Crippen molar-refractivity contribution in [2.45, 2.75) is 13.1 Å². The van der Waals surface area contributed by atoms with Crippen LogP contribution in [0.2, 0.25) is 0 Å². The van der Waals surface area contributed by atoms with E-state index < -0.39 is 0 Å². The van der Waals surface area contributed by atoms with Gasteiger partial charge in [0, 0.05) is 51.7 Å². The van der Waals surface area contributed by atoms with E-state index in [1.807, 2.05) is 33.9 Å². The minimum absolute atomic E-state index is 0.882. The van der Waals surface area contributed by atoms with Gasteiger partial charge in [0.25, 0.3) is 0 Å². The van der Waals surface area contributed by atoms with Crippen LogP contribution in [0.15, 0.2) is 49.3 Å². The quantitative estimate of drug-likeness (QED) is 0.627. The molecule has 8 heteroatoms. The topological polar surface area (TPSA) is 64.2 Å². The Morgan fingerprint density at radius 3 is 2.59 bits per heavy atom. The molecular weight excluding hydrogens is 342 g/mol. The third-order valence-corrected chi connectivity index (χ3v) is 5.01. The molecule has 1 aromatic carbocycles. The molecule has 1 aliphatic rings. The number of aromatic nitrogens is 5. The van der Waals surface area contributed by atoms with Gasteiger partial charge in [-0.25, -0.2) is 9.67 Å². The fourth-order valence-corrected chi connectivity index (χ4v) is 3.45. The summed E-state index contributed by atoms with van der Waals surface area (Å²) in [5.74, 6) is 0.882. The summed E-state index contributed by atoms with van der Waals surface area (Å²) in [7, 11) is 1.71. The number of methoxy groups -OCH3 is 1. The van der Waals surface area contributed by atoms with Crippen LogP contribution in [0, 0.1) is 0 Å². The average molecular weight is 367 g/mol. The highest BCUT2D eigenvalue weighted by Gasteiger charge is 2.18. The summed E-state index contributed by atoms with van der Waals surface area (Å²) in [5, 5.41) is 8.56. The van der Waals surface area contributed by atoms with Crippen molar-refractivity contribution in [1.82, 2.24) is 34.3 Å². The maximum absolute atomic E-state index is 5.43. The molecule has 0 spiro atoms. The summed E-state index contributed by atoms with van der Waals surface area (Å²) in [5.41, 5.74) is 2.34. The number of ether oxygens (including phenoxy) is 1. The lowest BCUT2D eigenvalue weighted by Gasteiger charge is -2.35. The molecule has 1 fully saturated rings. The molecule has 0 unspecified atom stereocenters. The first-order valence-electron chi connectivity index (χ1n) is 9.26. The average Bonchev–Trinajstić information content (AvgIpc) is 3.41. The van der Waals surface area contributed by atoms with Crippen LogP contribution in [0.25, 0.3) is 5.69 Å². The summed E-state index contributed by atoms with van der Waals surface area (Å²) in [6.07, 6.45) is 7.15. The number of hydrogen-bond donors (Lipinski definition) is 0. The van der Waals surface area contributed by atoms with Crippen LogP contribution in [-0.4, -0.2) is 74.2 Å². The third kappa shape index (κ3) is 4.35. The first-order valence-corrected chi connectivity index (χ1v) is 9.26. The maximum atomic E-state index is 5.43. The second-order valence-electron chi connectivity index (χ2n) is 6.72. The van der Waals surface area contributed by atoms with Gasteiger partial charge >= 0.3 is 0 Å². The second-order valence-corrected chi connectivity index (χ2v) is 6.72. The van der Waals surface area contributed by atoms with Gasteiger partial charge in [-0.3, -0.25) is 14.5 Å². The molecule has 0 amide bonds. The van der Waals surface area contributed by atoms with Crippen LogP contribution in [-0.2, 0) is 13.1 Å². The smallest absolute Gasteiger partial charge is 0.137 e. The highest BCUT2D eigenvalue weighted by molar-refractivity contribution is 5.45. The predicted octanol–water partition coefficient (Wildman–Crippen LogP) is 1.29. The number of rotatable bonds is 7.